The third-order valence-corrected chi connectivity index (χ3v) is 1.80. The highest BCUT2D eigenvalue weighted by Crippen LogP contribution is 2.17. The zero-order chi connectivity index (χ0) is 8.43. The molecule has 11 heavy (non-hydrogen) atoms. The second-order valence-electron chi connectivity index (χ2n) is 2.74. The molecule has 1 aromatic carbocycles. The van der Waals surface area contributed by atoms with Crippen LogP contribution in [0, 0.1) is 12.7 Å². The molecule has 0 aromatic heterocycles. The van der Waals surface area contributed by atoms with Crippen molar-refractivity contribution in [2.24, 2.45) is 5.73 Å². The average molecular weight is 153 g/mol. The molecule has 0 saturated heterocycles. The third kappa shape index (κ3) is 1.57. The van der Waals surface area contributed by atoms with Gasteiger partial charge in [0.25, 0.3) is 0 Å². The van der Waals surface area contributed by atoms with Gasteiger partial charge in [-0.2, -0.15) is 0 Å². The molecule has 0 amide bonds. The van der Waals surface area contributed by atoms with Crippen LogP contribution in [0.2, 0.25) is 0 Å². The maximum Gasteiger partial charge on any atom is 0.126 e. The number of benzene rings is 1. The van der Waals surface area contributed by atoms with Crippen molar-refractivity contribution in [3.8, 4) is 0 Å². The first-order valence-electron chi connectivity index (χ1n) is 3.63. The molecule has 0 radical (unpaired) electrons. The Kier molecular flexibility index (Phi) is 2.25. The first kappa shape index (κ1) is 8.21. The van der Waals surface area contributed by atoms with Crippen LogP contribution in [0.25, 0.3) is 0 Å². The van der Waals surface area contributed by atoms with Crippen LogP contribution < -0.4 is 5.73 Å². The first-order chi connectivity index (χ1) is 5.13. The van der Waals surface area contributed by atoms with Crippen LogP contribution in [0.1, 0.15) is 24.1 Å². The molecule has 0 heterocycles. The van der Waals surface area contributed by atoms with Crippen molar-refractivity contribution in [2.75, 3.05) is 0 Å². The molecular weight excluding hydrogens is 141 g/mol. The Balaban J connectivity index is 3.17. The molecule has 2 heteroatoms. The fraction of sp³-hybridized carbons (Fsp3) is 0.333. The van der Waals surface area contributed by atoms with Gasteiger partial charge in [0.2, 0.25) is 0 Å². The van der Waals surface area contributed by atoms with Gasteiger partial charge in [0.1, 0.15) is 5.82 Å². The van der Waals surface area contributed by atoms with Crippen molar-refractivity contribution in [3.05, 3.63) is 35.1 Å². The van der Waals surface area contributed by atoms with Gasteiger partial charge in [-0.15, -0.1) is 0 Å². The van der Waals surface area contributed by atoms with Gasteiger partial charge >= 0.3 is 0 Å². The van der Waals surface area contributed by atoms with Gasteiger partial charge in [0, 0.05) is 6.04 Å². The molecule has 0 aliphatic carbocycles. The van der Waals surface area contributed by atoms with Gasteiger partial charge in [-0.05, 0) is 31.0 Å². The lowest BCUT2D eigenvalue weighted by atomic mass is 10.0. The van der Waals surface area contributed by atoms with E-state index in [9.17, 15) is 4.39 Å². The number of halogens is 1. The van der Waals surface area contributed by atoms with Crippen molar-refractivity contribution in [1.82, 2.24) is 0 Å². The molecule has 1 nitrogen and oxygen atoms in total. The van der Waals surface area contributed by atoms with Crippen molar-refractivity contribution in [1.29, 1.82) is 0 Å². The van der Waals surface area contributed by atoms with Crippen LogP contribution in [0.4, 0.5) is 4.39 Å². The van der Waals surface area contributed by atoms with Crippen molar-refractivity contribution in [3.63, 3.8) is 0 Å². The molecule has 60 valence electrons. The highest BCUT2D eigenvalue weighted by atomic mass is 19.1. The molecule has 0 aliphatic heterocycles. The Labute approximate surface area is 66.0 Å². The molecule has 1 rings (SSSR count). The van der Waals surface area contributed by atoms with Gasteiger partial charge in [-0.1, -0.05) is 12.1 Å². The summed E-state index contributed by atoms with van der Waals surface area (Å²) in [5.74, 6) is -0.181. The van der Waals surface area contributed by atoms with Crippen LogP contribution in [0.5, 0.6) is 0 Å². The van der Waals surface area contributed by atoms with Gasteiger partial charge in [0.05, 0.1) is 0 Å². The monoisotopic (exact) mass is 153 g/mol. The Morgan fingerprint density at radius 2 is 2.09 bits per heavy atom. The molecule has 0 saturated carbocycles. The lowest BCUT2D eigenvalue weighted by Gasteiger charge is -2.09. The zero-order valence-corrected chi connectivity index (χ0v) is 6.76. The topological polar surface area (TPSA) is 26.0 Å². The van der Waals surface area contributed by atoms with E-state index in [-0.39, 0.29) is 11.9 Å². The standard InChI is InChI=1S/C9H12FN/c1-6-8(7(2)11)4-3-5-9(6)10/h3-5,7H,11H2,1-2H3/t7-/m0/s1. The maximum absolute atomic E-state index is 12.9. The minimum absolute atomic E-state index is 0.0919. The quantitative estimate of drug-likeness (QED) is 0.657. The van der Waals surface area contributed by atoms with Crippen molar-refractivity contribution >= 4 is 0 Å². The van der Waals surface area contributed by atoms with Gasteiger partial charge in [-0.3, -0.25) is 0 Å². The molecule has 0 unspecified atom stereocenters. The summed E-state index contributed by atoms with van der Waals surface area (Å²) in [5.41, 5.74) is 7.15. The van der Waals surface area contributed by atoms with E-state index in [0.29, 0.717) is 5.56 Å². The summed E-state index contributed by atoms with van der Waals surface area (Å²) < 4.78 is 12.9. The van der Waals surface area contributed by atoms with Crippen molar-refractivity contribution < 1.29 is 4.39 Å². The van der Waals surface area contributed by atoms with Crippen LogP contribution in [-0.2, 0) is 0 Å². The van der Waals surface area contributed by atoms with E-state index in [1.54, 1.807) is 13.0 Å². The van der Waals surface area contributed by atoms with Gasteiger partial charge in [-0.25, -0.2) is 4.39 Å². The number of hydrogen-bond donors (Lipinski definition) is 1. The number of nitrogens with two attached hydrogens (primary N) is 1. The first-order valence-corrected chi connectivity index (χ1v) is 3.63. The minimum atomic E-state index is -0.181. The minimum Gasteiger partial charge on any atom is -0.324 e. The summed E-state index contributed by atoms with van der Waals surface area (Å²) in [4.78, 5) is 0. The summed E-state index contributed by atoms with van der Waals surface area (Å²) in [6, 6.07) is 4.89. The second kappa shape index (κ2) is 3.01. The van der Waals surface area contributed by atoms with Gasteiger partial charge in [0.15, 0.2) is 0 Å². The van der Waals surface area contributed by atoms with E-state index < -0.39 is 0 Å². The van der Waals surface area contributed by atoms with Gasteiger partial charge < -0.3 is 5.73 Å². The highest BCUT2D eigenvalue weighted by molar-refractivity contribution is 5.29. The average Bonchev–Trinajstić information content (AvgIpc) is 1.94. The molecule has 2 N–H and O–H groups in total. The fourth-order valence-corrected chi connectivity index (χ4v) is 1.12. The molecule has 0 fully saturated rings. The molecule has 0 aliphatic rings. The Bertz CT molecular complexity index is 256. The zero-order valence-electron chi connectivity index (χ0n) is 6.76. The third-order valence-electron chi connectivity index (χ3n) is 1.80. The summed E-state index contributed by atoms with van der Waals surface area (Å²) in [6.07, 6.45) is 0. The molecule has 0 bridgehead atoms. The summed E-state index contributed by atoms with van der Waals surface area (Å²) in [5, 5.41) is 0. The van der Waals surface area contributed by atoms with E-state index in [2.05, 4.69) is 0 Å². The highest BCUT2D eigenvalue weighted by Gasteiger charge is 2.05. The predicted octanol–water partition coefficient (Wildman–Crippen LogP) is 2.15. The maximum atomic E-state index is 12.9. The summed E-state index contributed by atoms with van der Waals surface area (Å²) in [7, 11) is 0. The summed E-state index contributed by atoms with van der Waals surface area (Å²) >= 11 is 0. The van der Waals surface area contributed by atoms with E-state index >= 15 is 0 Å². The SMILES string of the molecule is Cc1c(F)cccc1[C@H](C)N. The number of rotatable bonds is 1. The van der Waals surface area contributed by atoms with Crippen LogP contribution in [0.3, 0.4) is 0 Å². The second-order valence-corrected chi connectivity index (χ2v) is 2.74. The Morgan fingerprint density at radius 1 is 1.45 bits per heavy atom. The molecule has 1 aromatic rings. The van der Waals surface area contributed by atoms with E-state index in [1.165, 1.54) is 6.07 Å². The van der Waals surface area contributed by atoms with E-state index in [0.717, 1.165) is 5.56 Å². The number of hydrogen-bond acceptors (Lipinski definition) is 1. The van der Waals surface area contributed by atoms with E-state index in [1.807, 2.05) is 13.0 Å². The lowest BCUT2D eigenvalue weighted by molar-refractivity contribution is 0.611. The molecule has 0 spiro atoms. The Morgan fingerprint density at radius 3 is 2.55 bits per heavy atom. The molecule has 1 atom stereocenters. The smallest absolute Gasteiger partial charge is 0.126 e. The van der Waals surface area contributed by atoms with E-state index in [4.69, 9.17) is 5.73 Å². The van der Waals surface area contributed by atoms with Crippen LogP contribution in [0.15, 0.2) is 18.2 Å². The predicted molar refractivity (Wildman–Crippen MR) is 43.7 cm³/mol. The largest absolute Gasteiger partial charge is 0.324 e. The van der Waals surface area contributed by atoms with Crippen LogP contribution >= 0.6 is 0 Å². The van der Waals surface area contributed by atoms with Crippen LogP contribution in [-0.4, -0.2) is 0 Å². The van der Waals surface area contributed by atoms with Crippen molar-refractivity contribution in [2.45, 2.75) is 19.9 Å². The Hall–Kier alpha value is -0.890. The lowest BCUT2D eigenvalue weighted by Crippen LogP contribution is -2.07. The molecular formula is C9H12FN. The normalized spacial score (nSPS) is 13.1. The summed E-state index contributed by atoms with van der Waals surface area (Å²) in [6.45, 7) is 3.59. The fourth-order valence-electron chi connectivity index (χ4n) is 1.12.